The molecule has 7 heteroatoms. The number of hydrogen-bond acceptors (Lipinski definition) is 3. The molecule has 2 aromatic rings. The molecule has 0 aliphatic heterocycles. The van der Waals surface area contributed by atoms with Gasteiger partial charge in [0, 0.05) is 11.8 Å². The van der Waals surface area contributed by atoms with E-state index in [9.17, 15) is 14.4 Å². The lowest BCUT2D eigenvalue weighted by atomic mass is 10.1. The van der Waals surface area contributed by atoms with Crippen molar-refractivity contribution in [1.82, 2.24) is 5.32 Å². The van der Waals surface area contributed by atoms with Crippen molar-refractivity contribution in [3.05, 3.63) is 59.4 Å². The van der Waals surface area contributed by atoms with Gasteiger partial charge in [0.05, 0.1) is 6.54 Å². The molecule has 0 saturated heterocycles. The zero-order valence-corrected chi connectivity index (χ0v) is 14.2. The van der Waals surface area contributed by atoms with E-state index < -0.39 is 5.91 Å². The Morgan fingerprint density at radius 3 is 2.56 bits per heavy atom. The van der Waals surface area contributed by atoms with Gasteiger partial charge in [-0.25, -0.2) is 0 Å². The molecule has 4 N–H and O–H groups in total. The first-order chi connectivity index (χ1) is 11.9. The van der Waals surface area contributed by atoms with Crippen LogP contribution in [0.25, 0.3) is 0 Å². The van der Waals surface area contributed by atoms with E-state index in [1.165, 1.54) is 10.8 Å². The number of nitrogens with one attached hydrogen (secondary N) is 2. The van der Waals surface area contributed by atoms with Crippen LogP contribution in [0.1, 0.15) is 21.5 Å². The number of carbonyl (C=O) groups is 3. The third kappa shape index (κ3) is 5.13. The molecule has 0 radical (unpaired) electrons. The Labute approximate surface area is 145 Å². The number of hydrogen-bond donors (Lipinski definition) is 3. The summed E-state index contributed by atoms with van der Waals surface area (Å²) in [4.78, 5) is 35.1. The van der Waals surface area contributed by atoms with Crippen LogP contribution < -0.4 is 20.9 Å². The second-order valence-electron chi connectivity index (χ2n) is 5.70. The summed E-state index contributed by atoms with van der Waals surface area (Å²) < 4.78 is 1.53. The molecule has 0 fully saturated rings. The SMILES string of the molecule is Cc1cccc(NC(=O)CNC(=O)C[n+]2cccc(C(N)=O)c2)c1C. The Kier molecular flexibility index (Phi) is 5.84. The summed E-state index contributed by atoms with van der Waals surface area (Å²) >= 11 is 0. The maximum absolute atomic E-state index is 12.0. The normalized spacial score (nSPS) is 10.2. The maximum Gasteiger partial charge on any atom is 0.286 e. The molecular formula is C18H21N4O3+. The van der Waals surface area contributed by atoms with E-state index in [-0.39, 0.29) is 24.9 Å². The highest BCUT2D eigenvalue weighted by molar-refractivity contribution is 5.95. The molecule has 7 nitrogen and oxygen atoms in total. The van der Waals surface area contributed by atoms with Gasteiger partial charge in [-0.1, -0.05) is 12.1 Å². The molecule has 130 valence electrons. The van der Waals surface area contributed by atoms with Crippen LogP contribution >= 0.6 is 0 Å². The molecule has 2 rings (SSSR count). The van der Waals surface area contributed by atoms with Gasteiger partial charge < -0.3 is 16.4 Å². The summed E-state index contributed by atoms with van der Waals surface area (Å²) in [6.07, 6.45) is 3.13. The highest BCUT2D eigenvalue weighted by Gasteiger charge is 2.13. The molecule has 1 aromatic heterocycles. The second kappa shape index (κ2) is 8.05. The number of anilines is 1. The van der Waals surface area contributed by atoms with Crippen LogP contribution in [0.3, 0.4) is 0 Å². The van der Waals surface area contributed by atoms with Gasteiger partial charge in [0.15, 0.2) is 12.4 Å². The Hall–Kier alpha value is -3.22. The monoisotopic (exact) mass is 341 g/mol. The lowest BCUT2D eigenvalue weighted by Gasteiger charge is -2.10. The smallest absolute Gasteiger partial charge is 0.286 e. The number of primary amides is 1. The first kappa shape index (κ1) is 18.1. The zero-order valence-electron chi connectivity index (χ0n) is 14.2. The van der Waals surface area contributed by atoms with Crippen LogP contribution in [-0.4, -0.2) is 24.3 Å². The third-order valence-corrected chi connectivity index (χ3v) is 3.79. The van der Waals surface area contributed by atoms with Crippen molar-refractivity contribution in [2.24, 2.45) is 5.73 Å². The number of carbonyl (C=O) groups excluding carboxylic acids is 3. The standard InChI is InChI=1S/C18H20N4O3/c1-12-5-3-7-15(13(12)2)21-16(23)9-20-17(24)11-22-8-4-6-14(10-22)18(19)25/h3-8,10H,9,11H2,1-2H3,(H3-,19,20,21,23,24,25)/p+1. The van der Waals surface area contributed by atoms with Crippen LogP contribution in [0.15, 0.2) is 42.7 Å². The first-order valence-electron chi connectivity index (χ1n) is 7.78. The average molecular weight is 341 g/mol. The molecule has 25 heavy (non-hydrogen) atoms. The van der Waals surface area contributed by atoms with Crippen molar-refractivity contribution in [2.75, 3.05) is 11.9 Å². The molecule has 0 aliphatic carbocycles. The Morgan fingerprint density at radius 2 is 1.84 bits per heavy atom. The maximum atomic E-state index is 12.0. The molecule has 0 saturated carbocycles. The summed E-state index contributed by atoms with van der Waals surface area (Å²) in [6.45, 7) is 3.73. The van der Waals surface area contributed by atoms with Gasteiger partial charge in [-0.05, 0) is 37.1 Å². The van der Waals surface area contributed by atoms with Gasteiger partial charge in [-0.3, -0.25) is 14.4 Å². The third-order valence-electron chi connectivity index (χ3n) is 3.79. The van der Waals surface area contributed by atoms with Crippen LogP contribution in [-0.2, 0) is 16.1 Å². The van der Waals surface area contributed by atoms with E-state index in [4.69, 9.17) is 5.73 Å². The van der Waals surface area contributed by atoms with Crippen molar-refractivity contribution in [3.8, 4) is 0 Å². The summed E-state index contributed by atoms with van der Waals surface area (Å²) in [5.74, 6) is -1.22. The van der Waals surface area contributed by atoms with E-state index in [2.05, 4.69) is 10.6 Å². The number of nitrogens with two attached hydrogens (primary N) is 1. The number of aryl methyl sites for hydroxylation is 1. The minimum absolute atomic E-state index is 0.0160. The lowest BCUT2D eigenvalue weighted by molar-refractivity contribution is -0.684. The Balaban J connectivity index is 1.87. The highest BCUT2D eigenvalue weighted by atomic mass is 16.2. The van der Waals surface area contributed by atoms with Gasteiger partial charge in [-0.15, -0.1) is 0 Å². The quantitative estimate of drug-likeness (QED) is 0.664. The fourth-order valence-corrected chi connectivity index (χ4v) is 2.25. The van der Waals surface area contributed by atoms with Crippen molar-refractivity contribution in [3.63, 3.8) is 0 Å². The molecule has 0 unspecified atom stereocenters. The van der Waals surface area contributed by atoms with Gasteiger partial charge in [0.25, 0.3) is 11.8 Å². The molecule has 1 aromatic carbocycles. The van der Waals surface area contributed by atoms with Crippen molar-refractivity contribution in [1.29, 1.82) is 0 Å². The first-order valence-corrected chi connectivity index (χ1v) is 7.78. The minimum atomic E-state index is -0.567. The minimum Gasteiger partial charge on any atom is -0.365 e. The molecule has 0 spiro atoms. The van der Waals surface area contributed by atoms with Crippen molar-refractivity contribution >= 4 is 23.4 Å². The number of benzene rings is 1. The molecule has 0 atom stereocenters. The molecule has 0 aliphatic rings. The fraction of sp³-hybridized carbons (Fsp3) is 0.222. The number of aromatic nitrogens is 1. The summed E-state index contributed by atoms with van der Waals surface area (Å²) in [7, 11) is 0. The average Bonchev–Trinajstić information content (AvgIpc) is 2.57. The molecule has 1 heterocycles. The largest absolute Gasteiger partial charge is 0.365 e. The fourth-order valence-electron chi connectivity index (χ4n) is 2.25. The molecule has 3 amide bonds. The number of nitrogens with zero attached hydrogens (tertiary/aromatic N) is 1. The van der Waals surface area contributed by atoms with Crippen LogP contribution in [0.2, 0.25) is 0 Å². The van der Waals surface area contributed by atoms with Crippen LogP contribution in [0, 0.1) is 13.8 Å². The summed E-state index contributed by atoms with van der Waals surface area (Å²) in [5.41, 5.74) is 8.30. The summed E-state index contributed by atoms with van der Waals surface area (Å²) in [5, 5.41) is 5.32. The predicted octanol–water partition coefficient (Wildman–Crippen LogP) is 0.445. The van der Waals surface area contributed by atoms with E-state index in [0.29, 0.717) is 5.56 Å². The van der Waals surface area contributed by atoms with Gasteiger partial charge >= 0.3 is 0 Å². The van der Waals surface area contributed by atoms with E-state index in [1.807, 2.05) is 32.0 Å². The second-order valence-corrected chi connectivity index (χ2v) is 5.70. The summed E-state index contributed by atoms with van der Waals surface area (Å²) in [6, 6.07) is 8.82. The number of pyridine rings is 1. The zero-order chi connectivity index (χ0) is 18.4. The van der Waals surface area contributed by atoms with E-state index in [1.54, 1.807) is 18.3 Å². The topological polar surface area (TPSA) is 105 Å². The van der Waals surface area contributed by atoms with Gasteiger partial charge in [0.1, 0.15) is 5.56 Å². The predicted molar refractivity (Wildman–Crippen MR) is 92.7 cm³/mol. The number of amides is 3. The van der Waals surface area contributed by atoms with Crippen molar-refractivity contribution < 1.29 is 19.0 Å². The van der Waals surface area contributed by atoms with Gasteiger partial charge in [0.2, 0.25) is 12.5 Å². The Morgan fingerprint density at radius 1 is 1.08 bits per heavy atom. The van der Waals surface area contributed by atoms with E-state index >= 15 is 0 Å². The van der Waals surface area contributed by atoms with Gasteiger partial charge in [-0.2, -0.15) is 4.57 Å². The highest BCUT2D eigenvalue weighted by Crippen LogP contribution is 2.17. The molecule has 0 bridgehead atoms. The lowest BCUT2D eigenvalue weighted by Crippen LogP contribution is -2.45. The van der Waals surface area contributed by atoms with Crippen LogP contribution in [0.4, 0.5) is 5.69 Å². The van der Waals surface area contributed by atoms with Crippen LogP contribution in [0.5, 0.6) is 0 Å². The van der Waals surface area contributed by atoms with E-state index in [0.717, 1.165) is 16.8 Å². The number of rotatable bonds is 6. The molecular weight excluding hydrogens is 320 g/mol. The van der Waals surface area contributed by atoms with Crippen molar-refractivity contribution in [2.45, 2.75) is 20.4 Å². The Bertz CT molecular complexity index is 818.